The molecule has 0 aliphatic rings. The Morgan fingerprint density at radius 2 is 1.78 bits per heavy atom. The maximum absolute atomic E-state index is 9.29. The molecule has 2 nitrogen and oxygen atoms in total. The van der Waals surface area contributed by atoms with Crippen molar-refractivity contribution in [3.8, 4) is 16.9 Å². The second-order valence-corrected chi connectivity index (χ2v) is 4.76. The van der Waals surface area contributed by atoms with Crippen LogP contribution in [0.4, 0.5) is 0 Å². The lowest BCUT2D eigenvalue weighted by molar-refractivity contribution is 0.475. The largest absolute Gasteiger partial charge is 0.508 e. The normalized spacial score (nSPS) is 12.3. The molecule has 0 spiro atoms. The maximum Gasteiger partial charge on any atom is 0.115 e. The molecule has 0 heterocycles. The Bertz CT molecular complexity index is 503. The summed E-state index contributed by atoms with van der Waals surface area (Å²) in [5, 5.41) is 9.29. The van der Waals surface area contributed by atoms with Gasteiger partial charge >= 0.3 is 0 Å². The van der Waals surface area contributed by atoms with E-state index >= 15 is 0 Å². The number of aromatic hydroxyl groups is 1. The highest BCUT2D eigenvalue weighted by Gasteiger charge is 2.01. The van der Waals surface area contributed by atoms with Crippen LogP contribution in [0.25, 0.3) is 11.1 Å². The van der Waals surface area contributed by atoms with Crippen LogP contribution in [0.3, 0.4) is 0 Å². The van der Waals surface area contributed by atoms with Crippen LogP contribution in [-0.2, 0) is 6.42 Å². The first-order chi connectivity index (χ1) is 8.65. The standard InChI is InChI=1S/C16H19NO/c1-12(17)5-6-13-3-2-4-15(11-13)14-7-9-16(18)10-8-14/h2-4,7-12,18H,5-6,17H2,1H3. The molecule has 18 heavy (non-hydrogen) atoms. The van der Waals surface area contributed by atoms with Crippen LogP contribution < -0.4 is 5.73 Å². The molecule has 1 unspecified atom stereocenters. The summed E-state index contributed by atoms with van der Waals surface area (Å²) in [6.45, 7) is 2.03. The Labute approximate surface area is 108 Å². The van der Waals surface area contributed by atoms with E-state index in [-0.39, 0.29) is 6.04 Å². The van der Waals surface area contributed by atoms with Crippen molar-refractivity contribution in [3.63, 3.8) is 0 Å². The molecule has 2 aromatic rings. The molecule has 0 saturated heterocycles. The number of hydrogen-bond acceptors (Lipinski definition) is 2. The topological polar surface area (TPSA) is 46.2 Å². The molecule has 0 bridgehead atoms. The minimum absolute atomic E-state index is 0.238. The van der Waals surface area contributed by atoms with Gasteiger partial charge in [-0.2, -0.15) is 0 Å². The summed E-state index contributed by atoms with van der Waals surface area (Å²) >= 11 is 0. The Balaban J connectivity index is 2.18. The number of aryl methyl sites for hydroxylation is 1. The zero-order valence-corrected chi connectivity index (χ0v) is 10.6. The van der Waals surface area contributed by atoms with Crippen molar-refractivity contribution in [2.75, 3.05) is 0 Å². The van der Waals surface area contributed by atoms with Crippen molar-refractivity contribution in [1.29, 1.82) is 0 Å². The zero-order chi connectivity index (χ0) is 13.0. The average Bonchev–Trinajstić information content (AvgIpc) is 2.37. The second kappa shape index (κ2) is 5.69. The van der Waals surface area contributed by atoms with Gasteiger partial charge in [-0.15, -0.1) is 0 Å². The quantitative estimate of drug-likeness (QED) is 0.862. The first kappa shape index (κ1) is 12.7. The van der Waals surface area contributed by atoms with Crippen LogP contribution in [0.5, 0.6) is 5.75 Å². The van der Waals surface area contributed by atoms with Crippen LogP contribution in [0.2, 0.25) is 0 Å². The van der Waals surface area contributed by atoms with Crippen molar-refractivity contribution in [1.82, 2.24) is 0 Å². The molecule has 2 heteroatoms. The Kier molecular flexibility index (Phi) is 4.00. The zero-order valence-electron chi connectivity index (χ0n) is 10.6. The fourth-order valence-electron chi connectivity index (χ4n) is 1.95. The summed E-state index contributed by atoms with van der Waals surface area (Å²) < 4.78 is 0. The number of rotatable bonds is 4. The number of phenols is 1. The molecule has 2 aromatic carbocycles. The molecular formula is C16H19NO. The lowest BCUT2D eigenvalue weighted by atomic mass is 10.00. The van der Waals surface area contributed by atoms with Crippen molar-refractivity contribution >= 4 is 0 Å². The lowest BCUT2D eigenvalue weighted by Gasteiger charge is -2.07. The maximum atomic E-state index is 9.29. The van der Waals surface area contributed by atoms with E-state index in [9.17, 15) is 5.11 Å². The highest BCUT2D eigenvalue weighted by molar-refractivity contribution is 5.64. The minimum Gasteiger partial charge on any atom is -0.508 e. The smallest absolute Gasteiger partial charge is 0.115 e. The summed E-state index contributed by atoms with van der Waals surface area (Å²) in [4.78, 5) is 0. The van der Waals surface area contributed by atoms with Gasteiger partial charge in [0.05, 0.1) is 0 Å². The molecule has 0 aromatic heterocycles. The highest BCUT2D eigenvalue weighted by atomic mass is 16.3. The predicted molar refractivity (Wildman–Crippen MR) is 75.5 cm³/mol. The molecule has 0 aliphatic heterocycles. The van der Waals surface area contributed by atoms with Gasteiger partial charge < -0.3 is 10.8 Å². The number of benzene rings is 2. The fraction of sp³-hybridized carbons (Fsp3) is 0.250. The predicted octanol–water partition coefficient (Wildman–Crippen LogP) is 3.34. The van der Waals surface area contributed by atoms with Gasteiger partial charge in [0.25, 0.3) is 0 Å². The summed E-state index contributed by atoms with van der Waals surface area (Å²) in [5.41, 5.74) is 9.38. The van der Waals surface area contributed by atoms with E-state index in [0.29, 0.717) is 5.75 Å². The third-order valence-electron chi connectivity index (χ3n) is 3.02. The van der Waals surface area contributed by atoms with Crippen molar-refractivity contribution in [2.45, 2.75) is 25.8 Å². The van der Waals surface area contributed by atoms with Gasteiger partial charge in [0.2, 0.25) is 0 Å². The molecule has 0 saturated carbocycles. The van der Waals surface area contributed by atoms with Crippen LogP contribution in [0.15, 0.2) is 48.5 Å². The third-order valence-corrected chi connectivity index (χ3v) is 3.02. The van der Waals surface area contributed by atoms with Crippen molar-refractivity contribution in [3.05, 3.63) is 54.1 Å². The monoisotopic (exact) mass is 241 g/mol. The molecular weight excluding hydrogens is 222 g/mol. The first-order valence-corrected chi connectivity index (χ1v) is 6.29. The van der Waals surface area contributed by atoms with E-state index in [1.54, 1.807) is 12.1 Å². The summed E-state index contributed by atoms with van der Waals surface area (Å²) in [7, 11) is 0. The van der Waals surface area contributed by atoms with Crippen LogP contribution in [0.1, 0.15) is 18.9 Å². The van der Waals surface area contributed by atoms with Gasteiger partial charge in [0.15, 0.2) is 0 Å². The molecule has 0 amide bonds. The van der Waals surface area contributed by atoms with E-state index in [2.05, 4.69) is 24.3 Å². The van der Waals surface area contributed by atoms with Gasteiger partial charge in [0, 0.05) is 6.04 Å². The average molecular weight is 241 g/mol. The fourth-order valence-corrected chi connectivity index (χ4v) is 1.95. The van der Waals surface area contributed by atoms with Crippen molar-refractivity contribution in [2.24, 2.45) is 5.73 Å². The van der Waals surface area contributed by atoms with Gasteiger partial charge in [-0.05, 0) is 48.6 Å². The molecule has 0 radical (unpaired) electrons. The minimum atomic E-state index is 0.238. The molecule has 1 atom stereocenters. The van der Waals surface area contributed by atoms with E-state index in [1.807, 2.05) is 19.1 Å². The van der Waals surface area contributed by atoms with E-state index in [0.717, 1.165) is 18.4 Å². The third kappa shape index (κ3) is 3.34. The van der Waals surface area contributed by atoms with E-state index in [1.165, 1.54) is 11.1 Å². The molecule has 2 rings (SSSR count). The molecule has 0 aliphatic carbocycles. The van der Waals surface area contributed by atoms with E-state index in [4.69, 9.17) is 5.73 Å². The lowest BCUT2D eigenvalue weighted by Crippen LogP contribution is -2.15. The summed E-state index contributed by atoms with van der Waals surface area (Å²) in [5.74, 6) is 0.298. The molecule has 94 valence electrons. The van der Waals surface area contributed by atoms with Crippen LogP contribution in [0, 0.1) is 0 Å². The summed E-state index contributed by atoms with van der Waals surface area (Å²) in [6.07, 6.45) is 2.00. The van der Waals surface area contributed by atoms with Crippen molar-refractivity contribution < 1.29 is 5.11 Å². The first-order valence-electron chi connectivity index (χ1n) is 6.29. The number of nitrogens with two attached hydrogens (primary N) is 1. The Hall–Kier alpha value is -1.80. The van der Waals surface area contributed by atoms with Gasteiger partial charge in [-0.3, -0.25) is 0 Å². The SMILES string of the molecule is CC(N)CCc1cccc(-c2ccc(O)cc2)c1. The number of phenolic OH excluding ortho intramolecular Hbond substituents is 1. The number of hydrogen-bond donors (Lipinski definition) is 2. The molecule has 0 fully saturated rings. The Morgan fingerprint density at radius 3 is 2.44 bits per heavy atom. The van der Waals surface area contributed by atoms with Gasteiger partial charge in [-0.25, -0.2) is 0 Å². The van der Waals surface area contributed by atoms with Gasteiger partial charge in [0.1, 0.15) is 5.75 Å². The Morgan fingerprint density at radius 1 is 1.06 bits per heavy atom. The highest BCUT2D eigenvalue weighted by Crippen LogP contribution is 2.23. The summed E-state index contributed by atoms with van der Waals surface area (Å²) in [6, 6.07) is 16.0. The van der Waals surface area contributed by atoms with Crippen LogP contribution >= 0.6 is 0 Å². The van der Waals surface area contributed by atoms with Gasteiger partial charge in [-0.1, -0.05) is 36.4 Å². The van der Waals surface area contributed by atoms with E-state index < -0.39 is 0 Å². The second-order valence-electron chi connectivity index (χ2n) is 4.76. The van der Waals surface area contributed by atoms with Crippen LogP contribution in [-0.4, -0.2) is 11.1 Å². The molecule has 3 N–H and O–H groups in total.